The molecule has 0 aromatic carbocycles. The van der Waals surface area contributed by atoms with E-state index >= 15 is 0 Å². The first kappa shape index (κ1) is 16.6. The van der Waals surface area contributed by atoms with Gasteiger partial charge in [-0.15, -0.1) is 0 Å². The minimum atomic E-state index is -6.17. The molecule has 0 spiro atoms. The third kappa shape index (κ3) is 6.32. The number of hydrogen-bond donors (Lipinski definition) is 1. The van der Waals surface area contributed by atoms with Gasteiger partial charge in [0.1, 0.15) is 0 Å². The van der Waals surface area contributed by atoms with E-state index in [1.54, 1.807) is 0 Å². The summed E-state index contributed by atoms with van der Waals surface area (Å²) in [7, 11) is -12.1. The zero-order chi connectivity index (χ0) is 10.2. The molecule has 0 saturated carbocycles. The van der Waals surface area contributed by atoms with E-state index in [2.05, 4.69) is 0 Å². The minimum absolute atomic E-state index is 0. The number of nitrogens with one attached hydrogen (secondary N) is 1. The van der Waals surface area contributed by atoms with Crippen LogP contribution in [-0.4, -0.2) is 73.7 Å². The molecular weight excluding hydrogens is 269 g/mol. The van der Waals surface area contributed by atoms with E-state index in [4.69, 9.17) is 0 Å². The van der Waals surface area contributed by atoms with Crippen LogP contribution in [0.2, 0.25) is 0 Å². The normalized spacial score (nSPS) is 13.5. The van der Waals surface area contributed by atoms with Crippen molar-refractivity contribution in [2.24, 2.45) is 0 Å². The molecule has 0 atom stereocenters. The van der Waals surface area contributed by atoms with Gasteiger partial charge in [0, 0.05) is 0 Å². The van der Waals surface area contributed by atoms with Crippen LogP contribution in [0.5, 0.6) is 0 Å². The van der Waals surface area contributed by atoms with Crippen LogP contribution in [0.3, 0.4) is 0 Å². The van der Waals surface area contributed by atoms with Crippen LogP contribution in [0.4, 0.5) is 17.1 Å². The second kappa shape index (κ2) is 4.83. The van der Waals surface area contributed by atoms with Gasteiger partial charge in [0.25, 0.3) is 0 Å². The summed E-state index contributed by atoms with van der Waals surface area (Å²) in [6, 6.07) is 0. The SMILES string of the molecule is O=S(=O)(F)NS(=O)(=O)C(F)(F)F.[KH]. The van der Waals surface area contributed by atoms with E-state index in [0.717, 1.165) is 0 Å². The second-order valence-corrected chi connectivity index (χ2v) is 4.48. The van der Waals surface area contributed by atoms with Crippen molar-refractivity contribution in [3.8, 4) is 0 Å². The first-order valence-corrected chi connectivity index (χ1v) is 4.87. The molecule has 0 fully saturated rings. The average molecular weight is 271 g/mol. The first-order valence-electron chi connectivity index (χ1n) is 2.00. The van der Waals surface area contributed by atoms with Crippen molar-refractivity contribution in [3.63, 3.8) is 0 Å². The molecule has 0 saturated heterocycles. The molecule has 1 N–H and O–H groups in total. The van der Waals surface area contributed by atoms with Gasteiger partial charge in [0.2, 0.25) is 0 Å². The summed E-state index contributed by atoms with van der Waals surface area (Å²) in [6.07, 6.45) is 0. The van der Waals surface area contributed by atoms with Crippen LogP contribution in [0, 0.1) is 0 Å². The van der Waals surface area contributed by atoms with Crippen LogP contribution >= 0.6 is 0 Å². The predicted octanol–water partition coefficient (Wildman–Crippen LogP) is -1.01. The maximum absolute atomic E-state index is 11.4. The summed E-state index contributed by atoms with van der Waals surface area (Å²) in [5.74, 6) is 0. The number of rotatable bonds is 2. The van der Waals surface area contributed by atoms with E-state index in [0.29, 0.717) is 0 Å². The third-order valence-electron chi connectivity index (χ3n) is 0.514. The fourth-order valence-electron chi connectivity index (χ4n) is 0.178. The van der Waals surface area contributed by atoms with Gasteiger partial charge in [0.15, 0.2) is 0 Å². The van der Waals surface area contributed by atoms with Gasteiger partial charge >= 0.3 is 77.3 Å². The standard InChI is InChI=1S/CHF4NO4S2.K.H/c2-1(3,4)11(7,8)6-12(5,9)10;;/h6H;;. The summed E-state index contributed by atoms with van der Waals surface area (Å²) in [4.78, 5) is 0. The Morgan fingerprint density at radius 3 is 1.38 bits per heavy atom. The fraction of sp³-hybridized carbons (Fsp3) is 1.00. The van der Waals surface area contributed by atoms with E-state index in [-0.39, 0.29) is 55.5 Å². The van der Waals surface area contributed by atoms with Crippen molar-refractivity contribution in [3.05, 3.63) is 0 Å². The van der Waals surface area contributed by atoms with Crippen molar-refractivity contribution >= 4 is 71.8 Å². The molecule has 13 heavy (non-hydrogen) atoms. The van der Waals surface area contributed by atoms with E-state index in [1.165, 1.54) is 0 Å². The molecule has 0 radical (unpaired) electrons. The maximum atomic E-state index is 11.4. The molecule has 0 bridgehead atoms. The van der Waals surface area contributed by atoms with Crippen molar-refractivity contribution in [1.29, 1.82) is 0 Å². The van der Waals surface area contributed by atoms with Crippen LogP contribution in [0.15, 0.2) is 0 Å². The van der Waals surface area contributed by atoms with Gasteiger partial charge in [-0.1, -0.05) is 8.01 Å². The first-order chi connectivity index (χ1) is 4.96. The Morgan fingerprint density at radius 2 is 1.31 bits per heavy atom. The quantitative estimate of drug-likeness (QED) is 0.396. The number of sulfonamides is 1. The van der Waals surface area contributed by atoms with Crippen molar-refractivity contribution in [2.75, 3.05) is 0 Å². The summed E-state index contributed by atoms with van der Waals surface area (Å²) in [5.41, 5.74) is -5.86. The number of hydrogen-bond acceptors (Lipinski definition) is 4. The zero-order valence-electron chi connectivity index (χ0n) is 4.96. The van der Waals surface area contributed by atoms with Gasteiger partial charge < -0.3 is 0 Å². The fourth-order valence-corrected chi connectivity index (χ4v) is 1.60. The van der Waals surface area contributed by atoms with Gasteiger partial charge in [-0.2, -0.15) is 21.6 Å². The van der Waals surface area contributed by atoms with E-state index in [9.17, 15) is 33.9 Å². The molecule has 76 valence electrons. The molecule has 0 heterocycles. The van der Waals surface area contributed by atoms with Gasteiger partial charge in [-0.05, 0) is 0 Å². The summed E-state index contributed by atoms with van der Waals surface area (Å²) >= 11 is 0. The molecule has 0 aliphatic carbocycles. The topological polar surface area (TPSA) is 80.3 Å². The molecule has 0 aliphatic rings. The van der Waals surface area contributed by atoms with Crippen LogP contribution < -0.4 is 4.13 Å². The Bertz CT molecular complexity index is 354. The molecule has 0 amide bonds. The molecule has 0 aliphatic heterocycles. The molecule has 0 rings (SSSR count). The Balaban J connectivity index is 0. The van der Waals surface area contributed by atoms with E-state index in [1.807, 2.05) is 0 Å². The zero-order valence-corrected chi connectivity index (χ0v) is 6.59. The third-order valence-corrected chi connectivity index (χ3v) is 2.80. The van der Waals surface area contributed by atoms with Crippen LogP contribution in [0.1, 0.15) is 0 Å². The molecule has 0 aromatic rings. The van der Waals surface area contributed by atoms with Crippen LogP contribution in [0.25, 0.3) is 0 Å². The molecular formula is CH2F4KNO4S2. The monoisotopic (exact) mass is 271 g/mol. The summed E-state index contributed by atoms with van der Waals surface area (Å²) < 4.78 is 83.5. The van der Waals surface area contributed by atoms with Crippen molar-refractivity contribution in [1.82, 2.24) is 4.13 Å². The van der Waals surface area contributed by atoms with Gasteiger partial charge in [-0.25, -0.2) is 8.42 Å². The predicted molar refractivity (Wildman–Crippen MR) is 35.3 cm³/mol. The average Bonchev–Trinajstić information content (AvgIpc) is 1.52. The summed E-state index contributed by atoms with van der Waals surface area (Å²) in [5, 5.41) is 0. The van der Waals surface area contributed by atoms with Gasteiger partial charge in [0.05, 0.1) is 0 Å². The Labute approximate surface area is 114 Å². The van der Waals surface area contributed by atoms with E-state index < -0.39 is 25.9 Å². The second-order valence-electron chi connectivity index (χ2n) is 1.47. The summed E-state index contributed by atoms with van der Waals surface area (Å²) in [6.45, 7) is 0. The number of alkyl halides is 3. The number of halogens is 4. The molecule has 0 unspecified atom stereocenters. The Hall–Kier alpha value is 1.22. The molecule has 12 heteroatoms. The van der Waals surface area contributed by atoms with Gasteiger partial charge in [-0.3, -0.25) is 0 Å². The Kier molecular flexibility index (Phi) is 6.18. The van der Waals surface area contributed by atoms with Crippen molar-refractivity contribution < 1.29 is 33.9 Å². The Morgan fingerprint density at radius 1 is 1.00 bits per heavy atom. The van der Waals surface area contributed by atoms with Crippen LogP contribution in [-0.2, 0) is 20.4 Å². The van der Waals surface area contributed by atoms with Crippen molar-refractivity contribution in [2.45, 2.75) is 5.51 Å². The molecule has 5 nitrogen and oxygen atoms in total. The molecule has 0 aromatic heterocycles.